The highest BCUT2D eigenvalue weighted by Gasteiger charge is 2.29. The van der Waals surface area contributed by atoms with Crippen LogP contribution in [0.15, 0.2) is 36.4 Å². The number of ether oxygens (including phenoxy) is 1. The second kappa shape index (κ2) is 9.73. The van der Waals surface area contributed by atoms with E-state index in [1.165, 1.54) is 38.0 Å². The fourth-order valence-electron chi connectivity index (χ4n) is 4.98. The van der Waals surface area contributed by atoms with Crippen molar-refractivity contribution in [3.63, 3.8) is 0 Å². The van der Waals surface area contributed by atoms with Gasteiger partial charge in [0.05, 0.1) is 6.61 Å². The zero-order chi connectivity index (χ0) is 21.8. The fourth-order valence-corrected chi connectivity index (χ4v) is 4.98. The van der Waals surface area contributed by atoms with E-state index in [0.717, 1.165) is 48.4 Å². The van der Waals surface area contributed by atoms with Gasteiger partial charge < -0.3 is 15.4 Å². The Bertz CT molecular complexity index is 904. The molecule has 5 heteroatoms. The van der Waals surface area contributed by atoms with Crippen molar-refractivity contribution >= 4 is 11.6 Å². The van der Waals surface area contributed by atoms with E-state index in [1.807, 2.05) is 13.0 Å². The van der Waals surface area contributed by atoms with Gasteiger partial charge in [-0.1, -0.05) is 25.5 Å². The normalized spacial score (nSPS) is 19.2. The van der Waals surface area contributed by atoms with Gasteiger partial charge in [-0.05, 0) is 81.1 Å². The predicted octanol–water partition coefficient (Wildman–Crippen LogP) is 4.61. The van der Waals surface area contributed by atoms with Crippen LogP contribution in [0.5, 0.6) is 5.75 Å². The van der Waals surface area contributed by atoms with Crippen LogP contribution in [0.1, 0.15) is 54.9 Å². The molecule has 2 aliphatic heterocycles. The van der Waals surface area contributed by atoms with Crippen molar-refractivity contribution in [2.45, 2.75) is 52.0 Å². The average Bonchev–Trinajstić information content (AvgIpc) is 3.46. The lowest BCUT2D eigenvalue weighted by molar-refractivity contribution is 0.0999. The SMILES string of the molecule is CCCCOc1ccc(C(N)=O)c(C)c1-c1ccc(N2CC[C@@H](N3CCCC3)C2)cc1. The van der Waals surface area contributed by atoms with Crippen LogP contribution < -0.4 is 15.4 Å². The lowest BCUT2D eigenvalue weighted by Crippen LogP contribution is -2.35. The number of carbonyl (C=O) groups is 1. The molecule has 2 saturated heterocycles. The molecule has 5 nitrogen and oxygen atoms in total. The van der Waals surface area contributed by atoms with Crippen molar-refractivity contribution in [1.82, 2.24) is 4.90 Å². The Kier molecular flexibility index (Phi) is 6.81. The second-order valence-electron chi connectivity index (χ2n) is 8.86. The molecule has 1 amide bonds. The monoisotopic (exact) mass is 421 g/mol. The largest absolute Gasteiger partial charge is 0.493 e. The maximum absolute atomic E-state index is 11.9. The summed E-state index contributed by atoms with van der Waals surface area (Å²) in [5, 5.41) is 0. The summed E-state index contributed by atoms with van der Waals surface area (Å²) in [5.74, 6) is 0.416. The minimum Gasteiger partial charge on any atom is -0.493 e. The number of hydrogen-bond acceptors (Lipinski definition) is 4. The van der Waals surface area contributed by atoms with Crippen LogP contribution in [0, 0.1) is 6.92 Å². The summed E-state index contributed by atoms with van der Waals surface area (Å²) in [4.78, 5) is 17.1. The van der Waals surface area contributed by atoms with Crippen LogP contribution >= 0.6 is 0 Å². The van der Waals surface area contributed by atoms with Crippen LogP contribution in [0.4, 0.5) is 5.69 Å². The summed E-state index contributed by atoms with van der Waals surface area (Å²) >= 11 is 0. The molecule has 2 aromatic rings. The predicted molar refractivity (Wildman–Crippen MR) is 127 cm³/mol. The van der Waals surface area contributed by atoms with Crippen LogP contribution in [0.2, 0.25) is 0 Å². The molecule has 2 aromatic carbocycles. The van der Waals surface area contributed by atoms with E-state index >= 15 is 0 Å². The van der Waals surface area contributed by atoms with Gasteiger partial charge in [0.1, 0.15) is 5.75 Å². The quantitative estimate of drug-likeness (QED) is 0.632. The van der Waals surface area contributed by atoms with Crippen LogP contribution in [0.3, 0.4) is 0 Å². The third-order valence-electron chi connectivity index (χ3n) is 6.79. The summed E-state index contributed by atoms with van der Waals surface area (Å²) in [7, 11) is 0. The van der Waals surface area contributed by atoms with Gasteiger partial charge in [0.15, 0.2) is 0 Å². The second-order valence-corrected chi connectivity index (χ2v) is 8.86. The van der Waals surface area contributed by atoms with Crippen LogP contribution in [-0.4, -0.2) is 49.6 Å². The van der Waals surface area contributed by atoms with Gasteiger partial charge in [-0.15, -0.1) is 0 Å². The number of likely N-dealkylation sites (tertiary alicyclic amines) is 1. The van der Waals surface area contributed by atoms with Gasteiger partial charge in [-0.25, -0.2) is 0 Å². The molecule has 0 unspecified atom stereocenters. The highest BCUT2D eigenvalue weighted by Crippen LogP contribution is 2.36. The number of nitrogens with two attached hydrogens (primary N) is 1. The van der Waals surface area contributed by atoms with Crippen molar-refractivity contribution in [1.29, 1.82) is 0 Å². The lowest BCUT2D eigenvalue weighted by Gasteiger charge is -2.24. The minimum absolute atomic E-state index is 0.402. The highest BCUT2D eigenvalue weighted by molar-refractivity contribution is 5.97. The molecule has 1 atom stereocenters. The molecular formula is C26H35N3O2. The summed E-state index contributed by atoms with van der Waals surface area (Å²) in [5.41, 5.74) is 10.3. The van der Waals surface area contributed by atoms with Crippen molar-refractivity contribution in [3.05, 3.63) is 47.5 Å². The number of carbonyl (C=O) groups excluding carboxylic acids is 1. The van der Waals surface area contributed by atoms with Crippen molar-refractivity contribution < 1.29 is 9.53 Å². The number of hydrogen-bond donors (Lipinski definition) is 1. The highest BCUT2D eigenvalue weighted by atomic mass is 16.5. The standard InChI is InChI=1S/C26H35N3O2/c1-3-4-17-31-24-12-11-23(26(27)30)19(2)25(24)20-7-9-21(10-8-20)29-16-13-22(18-29)28-14-5-6-15-28/h7-12,22H,3-6,13-18H2,1-2H3,(H2,27,30)/t22-/m1/s1. The van der Waals surface area contributed by atoms with E-state index in [1.54, 1.807) is 6.07 Å². The zero-order valence-electron chi connectivity index (χ0n) is 18.9. The molecule has 31 heavy (non-hydrogen) atoms. The first-order chi connectivity index (χ1) is 15.1. The maximum Gasteiger partial charge on any atom is 0.248 e. The van der Waals surface area contributed by atoms with Gasteiger partial charge >= 0.3 is 0 Å². The minimum atomic E-state index is -0.402. The topological polar surface area (TPSA) is 58.8 Å². The Balaban J connectivity index is 1.56. The van der Waals surface area contributed by atoms with E-state index in [-0.39, 0.29) is 0 Å². The molecule has 166 valence electrons. The van der Waals surface area contributed by atoms with E-state index < -0.39 is 5.91 Å². The van der Waals surface area contributed by atoms with E-state index in [4.69, 9.17) is 10.5 Å². The van der Waals surface area contributed by atoms with Gasteiger partial charge in [0.25, 0.3) is 0 Å². The molecule has 2 heterocycles. The van der Waals surface area contributed by atoms with E-state index in [0.29, 0.717) is 18.2 Å². The number of rotatable bonds is 8. The fraction of sp³-hybridized carbons (Fsp3) is 0.500. The van der Waals surface area contributed by atoms with Gasteiger partial charge in [-0.2, -0.15) is 0 Å². The molecule has 2 aliphatic rings. The molecular weight excluding hydrogens is 386 g/mol. The molecule has 0 radical (unpaired) electrons. The molecule has 0 aromatic heterocycles. The first kappa shape index (κ1) is 21.7. The number of amides is 1. The summed E-state index contributed by atoms with van der Waals surface area (Å²) in [6.45, 7) is 9.52. The Morgan fingerprint density at radius 2 is 1.84 bits per heavy atom. The van der Waals surface area contributed by atoms with E-state index in [9.17, 15) is 4.79 Å². The van der Waals surface area contributed by atoms with Gasteiger partial charge in [-0.3, -0.25) is 9.69 Å². The molecule has 0 bridgehead atoms. The lowest BCUT2D eigenvalue weighted by atomic mass is 9.94. The molecule has 0 spiro atoms. The molecule has 4 rings (SSSR count). The smallest absolute Gasteiger partial charge is 0.248 e. The Hall–Kier alpha value is -2.53. The molecule has 2 N–H and O–H groups in total. The number of unbranched alkanes of at least 4 members (excludes halogenated alkanes) is 1. The first-order valence-corrected chi connectivity index (χ1v) is 11.7. The van der Waals surface area contributed by atoms with Gasteiger partial charge in [0, 0.05) is 35.9 Å². The number of primary amides is 1. The van der Waals surface area contributed by atoms with Crippen LogP contribution in [0.25, 0.3) is 11.1 Å². The third-order valence-corrected chi connectivity index (χ3v) is 6.79. The van der Waals surface area contributed by atoms with Gasteiger partial charge in [0.2, 0.25) is 5.91 Å². The average molecular weight is 422 g/mol. The van der Waals surface area contributed by atoms with E-state index in [2.05, 4.69) is 41.0 Å². The van der Waals surface area contributed by atoms with Crippen LogP contribution in [-0.2, 0) is 0 Å². The summed E-state index contributed by atoms with van der Waals surface area (Å²) < 4.78 is 6.08. The molecule has 2 fully saturated rings. The number of benzene rings is 2. The molecule has 0 aliphatic carbocycles. The summed E-state index contributed by atoms with van der Waals surface area (Å²) in [6.07, 6.45) is 6.02. The third kappa shape index (κ3) is 4.72. The van der Waals surface area contributed by atoms with Crippen molar-refractivity contribution in [2.24, 2.45) is 5.73 Å². The number of anilines is 1. The first-order valence-electron chi connectivity index (χ1n) is 11.7. The Morgan fingerprint density at radius 3 is 2.52 bits per heavy atom. The maximum atomic E-state index is 11.9. The van der Waals surface area contributed by atoms with Crippen molar-refractivity contribution in [2.75, 3.05) is 37.7 Å². The zero-order valence-corrected chi connectivity index (χ0v) is 18.9. The van der Waals surface area contributed by atoms with Crippen molar-refractivity contribution in [3.8, 4) is 16.9 Å². The molecule has 0 saturated carbocycles. The number of nitrogens with zero attached hydrogens (tertiary/aromatic N) is 2. The Morgan fingerprint density at radius 1 is 1.10 bits per heavy atom. The summed E-state index contributed by atoms with van der Waals surface area (Å²) in [6, 6.07) is 13.1. The Labute approximate surface area is 186 Å².